The molecule has 128 valence electrons. The molecule has 2 aromatic carbocycles. The zero-order valence-electron chi connectivity index (χ0n) is 14.3. The van der Waals surface area contributed by atoms with Gasteiger partial charge in [-0.2, -0.15) is 0 Å². The monoisotopic (exact) mass is 336 g/mol. The Morgan fingerprint density at radius 2 is 1.96 bits per heavy atom. The summed E-state index contributed by atoms with van der Waals surface area (Å²) in [6, 6.07) is 15.1. The van der Waals surface area contributed by atoms with Crippen molar-refractivity contribution in [1.82, 2.24) is 10.3 Å². The van der Waals surface area contributed by atoms with Gasteiger partial charge < -0.3 is 15.0 Å². The molecule has 0 aliphatic rings. The number of benzene rings is 2. The minimum absolute atomic E-state index is 0.0500. The molecule has 3 aromatic rings. The Labute approximate surface area is 145 Å². The summed E-state index contributed by atoms with van der Waals surface area (Å²) < 4.78 is 5.17. The predicted octanol–water partition coefficient (Wildman–Crippen LogP) is 2.70. The average Bonchev–Trinajstić information content (AvgIpc) is 2.61. The van der Waals surface area contributed by atoms with Crippen molar-refractivity contribution in [1.29, 1.82) is 0 Å². The van der Waals surface area contributed by atoms with Crippen molar-refractivity contribution in [2.45, 2.75) is 19.9 Å². The molecule has 0 aliphatic heterocycles. The lowest BCUT2D eigenvalue weighted by Gasteiger charge is -2.08. The van der Waals surface area contributed by atoms with Gasteiger partial charge in [-0.15, -0.1) is 0 Å². The van der Waals surface area contributed by atoms with Crippen LogP contribution in [0.3, 0.4) is 0 Å². The number of carbonyl (C=O) groups excluding carboxylic acids is 1. The maximum absolute atomic E-state index is 12.1. The van der Waals surface area contributed by atoms with Crippen LogP contribution < -0.4 is 15.6 Å². The molecular weight excluding hydrogens is 316 g/mol. The van der Waals surface area contributed by atoms with E-state index in [1.807, 2.05) is 48.5 Å². The molecule has 0 fully saturated rings. The summed E-state index contributed by atoms with van der Waals surface area (Å²) in [4.78, 5) is 26.6. The fourth-order valence-corrected chi connectivity index (χ4v) is 2.71. The number of pyridine rings is 1. The van der Waals surface area contributed by atoms with Crippen molar-refractivity contribution < 1.29 is 9.53 Å². The van der Waals surface area contributed by atoms with Crippen LogP contribution in [0.1, 0.15) is 16.7 Å². The molecule has 0 atom stereocenters. The third kappa shape index (κ3) is 4.07. The Morgan fingerprint density at radius 1 is 1.12 bits per heavy atom. The highest BCUT2D eigenvalue weighted by molar-refractivity contribution is 5.81. The summed E-state index contributed by atoms with van der Waals surface area (Å²) in [5.41, 5.74) is 3.28. The van der Waals surface area contributed by atoms with Gasteiger partial charge in [-0.05, 0) is 53.8 Å². The second kappa shape index (κ2) is 7.21. The third-order valence-corrected chi connectivity index (χ3v) is 4.08. The van der Waals surface area contributed by atoms with Gasteiger partial charge in [-0.1, -0.05) is 18.2 Å². The number of carbonyl (C=O) groups is 1. The number of amides is 1. The van der Waals surface area contributed by atoms with Crippen LogP contribution in [-0.4, -0.2) is 18.0 Å². The van der Waals surface area contributed by atoms with E-state index >= 15 is 0 Å². The first-order chi connectivity index (χ1) is 12.0. The fourth-order valence-electron chi connectivity index (χ4n) is 2.71. The normalized spacial score (nSPS) is 10.6. The molecule has 5 nitrogen and oxygen atoms in total. The first-order valence-electron chi connectivity index (χ1n) is 8.07. The summed E-state index contributed by atoms with van der Waals surface area (Å²) in [6.07, 6.45) is 0.303. The third-order valence-electron chi connectivity index (χ3n) is 4.08. The van der Waals surface area contributed by atoms with E-state index in [0.29, 0.717) is 18.5 Å². The number of ether oxygens (including phenoxy) is 1. The Hall–Kier alpha value is -3.08. The zero-order valence-corrected chi connectivity index (χ0v) is 14.3. The highest BCUT2D eigenvalue weighted by Crippen LogP contribution is 2.15. The molecule has 2 N–H and O–H groups in total. The van der Waals surface area contributed by atoms with Crippen molar-refractivity contribution in [3.05, 3.63) is 75.6 Å². The smallest absolute Gasteiger partial charge is 0.251 e. The minimum atomic E-state index is -0.0770. The molecule has 0 spiro atoms. The molecule has 0 saturated heterocycles. The fraction of sp³-hybridized carbons (Fsp3) is 0.200. The number of nitrogens with one attached hydrogen (secondary N) is 2. The number of methoxy groups -OCH3 is 1. The molecule has 0 unspecified atom stereocenters. The van der Waals surface area contributed by atoms with Crippen LogP contribution in [0.25, 0.3) is 10.9 Å². The van der Waals surface area contributed by atoms with Gasteiger partial charge in [0, 0.05) is 17.6 Å². The number of H-pyrrole nitrogens is 1. The molecule has 0 aliphatic carbocycles. The summed E-state index contributed by atoms with van der Waals surface area (Å²) in [7, 11) is 1.61. The molecule has 1 amide bonds. The van der Waals surface area contributed by atoms with Gasteiger partial charge in [0.05, 0.1) is 13.5 Å². The molecule has 1 heterocycles. The summed E-state index contributed by atoms with van der Waals surface area (Å²) >= 11 is 0. The van der Waals surface area contributed by atoms with Crippen LogP contribution in [0.5, 0.6) is 5.75 Å². The maximum atomic E-state index is 12.1. The van der Waals surface area contributed by atoms with E-state index in [2.05, 4.69) is 10.3 Å². The van der Waals surface area contributed by atoms with Gasteiger partial charge in [0.25, 0.3) is 5.56 Å². The quantitative estimate of drug-likeness (QED) is 0.752. The van der Waals surface area contributed by atoms with Gasteiger partial charge in [-0.3, -0.25) is 9.59 Å². The summed E-state index contributed by atoms with van der Waals surface area (Å²) in [6.45, 7) is 2.22. The van der Waals surface area contributed by atoms with Crippen molar-refractivity contribution >= 4 is 16.8 Å². The van der Waals surface area contributed by atoms with Crippen LogP contribution in [0.4, 0.5) is 0 Å². The SMILES string of the molecule is COc1cccc(CC(=O)NCc2ccc3[nH]c(=O)c(C)cc3c2)c1. The van der Waals surface area contributed by atoms with Gasteiger partial charge in [0.2, 0.25) is 5.91 Å². The van der Waals surface area contributed by atoms with Crippen LogP contribution in [0.2, 0.25) is 0 Å². The van der Waals surface area contributed by atoms with E-state index in [9.17, 15) is 9.59 Å². The van der Waals surface area contributed by atoms with E-state index in [0.717, 1.165) is 27.8 Å². The number of aromatic amines is 1. The minimum Gasteiger partial charge on any atom is -0.497 e. The summed E-state index contributed by atoms with van der Waals surface area (Å²) in [5, 5.41) is 3.88. The molecule has 5 heteroatoms. The second-order valence-corrected chi connectivity index (χ2v) is 6.01. The van der Waals surface area contributed by atoms with Crippen molar-refractivity contribution in [3.8, 4) is 5.75 Å². The van der Waals surface area contributed by atoms with Gasteiger partial charge in [-0.25, -0.2) is 0 Å². The molecule has 0 radical (unpaired) electrons. The number of rotatable bonds is 5. The Kier molecular flexibility index (Phi) is 4.84. The lowest BCUT2D eigenvalue weighted by molar-refractivity contribution is -0.120. The van der Waals surface area contributed by atoms with E-state index in [4.69, 9.17) is 4.74 Å². The van der Waals surface area contributed by atoms with Crippen molar-refractivity contribution in [3.63, 3.8) is 0 Å². The standard InChI is InChI=1S/C20H20N2O3/c1-13-8-16-9-15(6-7-18(16)22-20(13)24)12-21-19(23)11-14-4-3-5-17(10-14)25-2/h3-10H,11-12H2,1-2H3,(H,21,23)(H,22,24). The number of hydrogen-bond acceptors (Lipinski definition) is 3. The van der Waals surface area contributed by atoms with E-state index < -0.39 is 0 Å². The van der Waals surface area contributed by atoms with Crippen LogP contribution >= 0.6 is 0 Å². The molecule has 0 bridgehead atoms. The first-order valence-corrected chi connectivity index (χ1v) is 8.07. The molecule has 0 saturated carbocycles. The van der Waals surface area contributed by atoms with Crippen LogP contribution in [0.15, 0.2) is 53.3 Å². The molecule has 3 rings (SSSR count). The zero-order chi connectivity index (χ0) is 17.8. The van der Waals surface area contributed by atoms with Gasteiger partial charge in [0.1, 0.15) is 5.75 Å². The predicted molar refractivity (Wildman–Crippen MR) is 97.9 cm³/mol. The highest BCUT2D eigenvalue weighted by atomic mass is 16.5. The lowest BCUT2D eigenvalue weighted by atomic mass is 10.1. The molecule has 1 aromatic heterocycles. The van der Waals surface area contributed by atoms with Crippen molar-refractivity contribution in [2.75, 3.05) is 7.11 Å². The van der Waals surface area contributed by atoms with E-state index in [1.54, 1.807) is 14.0 Å². The van der Waals surface area contributed by atoms with Gasteiger partial charge >= 0.3 is 0 Å². The Bertz CT molecular complexity index is 976. The average molecular weight is 336 g/mol. The molecule has 25 heavy (non-hydrogen) atoms. The molecular formula is C20H20N2O3. The Balaban J connectivity index is 1.66. The number of hydrogen-bond donors (Lipinski definition) is 2. The Morgan fingerprint density at radius 3 is 2.76 bits per heavy atom. The van der Waals surface area contributed by atoms with Crippen molar-refractivity contribution in [2.24, 2.45) is 0 Å². The maximum Gasteiger partial charge on any atom is 0.251 e. The number of aromatic nitrogens is 1. The number of aryl methyl sites for hydroxylation is 1. The largest absolute Gasteiger partial charge is 0.497 e. The number of fused-ring (bicyclic) bond motifs is 1. The van der Waals surface area contributed by atoms with E-state index in [-0.39, 0.29) is 11.5 Å². The van der Waals surface area contributed by atoms with E-state index in [1.165, 1.54) is 0 Å². The first kappa shape index (κ1) is 16.8. The topological polar surface area (TPSA) is 71.2 Å². The van der Waals surface area contributed by atoms with Gasteiger partial charge in [0.15, 0.2) is 0 Å². The lowest BCUT2D eigenvalue weighted by Crippen LogP contribution is -2.24. The highest BCUT2D eigenvalue weighted by Gasteiger charge is 2.06. The van der Waals surface area contributed by atoms with Crippen LogP contribution in [-0.2, 0) is 17.8 Å². The van der Waals surface area contributed by atoms with Crippen LogP contribution in [0, 0.1) is 6.92 Å². The summed E-state index contributed by atoms with van der Waals surface area (Å²) in [5.74, 6) is 0.690. The second-order valence-electron chi connectivity index (χ2n) is 6.01.